The summed E-state index contributed by atoms with van der Waals surface area (Å²) in [5, 5.41) is 11.8. The summed E-state index contributed by atoms with van der Waals surface area (Å²) >= 11 is 0. The summed E-state index contributed by atoms with van der Waals surface area (Å²) < 4.78 is 1.72. The average Bonchev–Trinajstić information content (AvgIpc) is 3.07. The smallest absolute Gasteiger partial charge is 0.255 e. The van der Waals surface area contributed by atoms with Crippen LogP contribution in [0.5, 0.6) is 0 Å². The first-order chi connectivity index (χ1) is 10.1. The van der Waals surface area contributed by atoms with Crippen LogP contribution in [0.25, 0.3) is 11.0 Å². The summed E-state index contributed by atoms with van der Waals surface area (Å²) in [6.45, 7) is 2.41. The summed E-state index contributed by atoms with van der Waals surface area (Å²) in [5.41, 5.74) is 3.16. The van der Waals surface area contributed by atoms with Crippen molar-refractivity contribution in [1.29, 1.82) is 0 Å². The minimum atomic E-state index is -0.0751. The van der Waals surface area contributed by atoms with E-state index in [0.717, 1.165) is 22.3 Å². The first-order valence-electron chi connectivity index (χ1n) is 6.58. The van der Waals surface area contributed by atoms with Crippen molar-refractivity contribution in [1.82, 2.24) is 29.9 Å². The second-order valence-electron chi connectivity index (χ2n) is 5.07. The molecule has 0 aliphatic heterocycles. The number of H-pyrrole nitrogens is 1. The second-order valence-corrected chi connectivity index (χ2v) is 5.07. The summed E-state index contributed by atoms with van der Waals surface area (Å²) in [6, 6.07) is 1.85. The molecule has 0 saturated carbocycles. The Morgan fingerprint density at radius 3 is 2.95 bits per heavy atom. The Morgan fingerprint density at radius 1 is 1.43 bits per heavy atom. The minimum Gasteiger partial charge on any atom is -0.337 e. The number of carbonyl (C=O) groups is 1. The molecule has 3 rings (SSSR count). The predicted molar refractivity (Wildman–Crippen MR) is 77.6 cm³/mol. The van der Waals surface area contributed by atoms with Gasteiger partial charge in [-0.2, -0.15) is 10.2 Å². The van der Waals surface area contributed by atoms with Gasteiger partial charge in [-0.3, -0.25) is 14.6 Å². The van der Waals surface area contributed by atoms with Gasteiger partial charge in [-0.15, -0.1) is 0 Å². The second kappa shape index (κ2) is 5.01. The molecule has 0 unspecified atom stereocenters. The van der Waals surface area contributed by atoms with Gasteiger partial charge >= 0.3 is 0 Å². The average molecular weight is 284 g/mol. The Kier molecular flexibility index (Phi) is 3.17. The number of amides is 1. The summed E-state index contributed by atoms with van der Waals surface area (Å²) in [4.78, 5) is 18.4. The molecule has 0 saturated heterocycles. The fourth-order valence-corrected chi connectivity index (χ4v) is 2.35. The molecule has 7 nitrogen and oxygen atoms in total. The lowest BCUT2D eigenvalue weighted by Gasteiger charge is -2.16. The van der Waals surface area contributed by atoms with Gasteiger partial charge in [-0.25, -0.2) is 4.98 Å². The van der Waals surface area contributed by atoms with E-state index in [4.69, 9.17) is 0 Å². The molecule has 0 aliphatic rings. The molecular formula is C14H16N6O. The lowest BCUT2D eigenvalue weighted by molar-refractivity contribution is 0.0785. The lowest BCUT2D eigenvalue weighted by Crippen LogP contribution is -2.26. The number of aromatic nitrogens is 5. The topological polar surface area (TPSA) is 79.7 Å². The molecule has 3 aromatic rings. The fraction of sp³-hybridized carbons (Fsp3) is 0.286. The Labute approximate surface area is 121 Å². The highest BCUT2D eigenvalue weighted by Crippen LogP contribution is 2.17. The highest BCUT2D eigenvalue weighted by Gasteiger charge is 2.15. The Hall–Kier alpha value is -2.70. The van der Waals surface area contributed by atoms with Crippen LogP contribution in [0.4, 0.5) is 0 Å². The molecule has 0 spiro atoms. The van der Waals surface area contributed by atoms with Crippen LogP contribution in [-0.2, 0) is 13.6 Å². The van der Waals surface area contributed by atoms with Gasteiger partial charge in [0.1, 0.15) is 0 Å². The monoisotopic (exact) mass is 284 g/mol. The van der Waals surface area contributed by atoms with Crippen LogP contribution in [0.2, 0.25) is 0 Å². The van der Waals surface area contributed by atoms with Gasteiger partial charge in [-0.1, -0.05) is 0 Å². The first kappa shape index (κ1) is 13.3. The van der Waals surface area contributed by atoms with E-state index in [1.807, 2.05) is 20.0 Å². The number of rotatable bonds is 3. The van der Waals surface area contributed by atoms with E-state index in [9.17, 15) is 4.79 Å². The van der Waals surface area contributed by atoms with Crippen LogP contribution in [0.3, 0.4) is 0 Å². The Balaban J connectivity index is 1.89. The molecule has 0 aromatic carbocycles. The number of pyridine rings is 1. The Bertz CT molecular complexity index is 789. The van der Waals surface area contributed by atoms with E-state index in [0.29, 0.717) is 12.1 Å². The molecule has 21 heavy (non-hydrogen) atoms. The molecule has 0 bridgehead atoms. The van der Waals surface area contributed by atoms with Crippen LogP contribution in [0.15, 0.2) is 24.7 Å². The highest BCUT2D eigenvalue weighted by molar-refractivity contribution is 5.97. The normalized spacial score (nSPS) is 11.0. The van der Waals surface area contributed by atoms with Crippen LogP contribution in [-0.4, -0.2) is 42.8 Å². The molecular weight excluding hydrogens is 268 g/mol. The number of aryl methyl sites for hydroxylation is 2. The maximum Gasteiger partial charge on any atom is 0.255 e. The largest absolute Gasteiger partial charge is 0.337 e. The van der Waals surface area contributed by atoms with Crippen molar-refractivity contribution < 1.29 is 4.79 Å². The van der Waals surface area contributed by atoms with Gasteiger partial charge < -0.3 is 4.90 Å². The minimum absolute atomic E-state index is 0.0751. The van der Waals surface area contributed by atoms with Gasteiger partial charge in [-0.05, 0) is 13.0 Å². The molecule has 108 valence electrons. The zero-order valence-corrected chi connectivity index (χ0v) is 12.2. The summed E-state index contributed by atoms with van der Waals surface area (Å²) in [6.07, 6.45) is 5.07. The maximum atomic E-state index is 12.5. The number of hydrogen-bond acceptors (Lipinski definition) is 4. The van der Waals surface area contributed by atoms with Gasteiger partial charge in [0.05, 0.1) is 17.5 Å². The number of aromatic amines is 1. The van der Waals surface area contributed by atoms with Gasteiger partial charge in [0.15, 0.2) is 5.65 Å². The van der Waals surface area contributed by atoms with E-state index in [-0.39, 0.29) is 5.91 Å². The molecule has 0 fully saturated rings. The standard InChI is InChI=1S/C14H16N6O/c1-9-12-4-11(7-15-13(12)20(3)18-9)14(21)19(2)8-10-5-16-17-6-10/h4-7H,8H2,1-3H3,(H,16,17). The molecule has 7 heteroatoms. The number of fused-ring (bicyclic) bond motifs is 1. The number of hydrogen-bond donors (Lipinski definition) is 1. The van der Waals surface area contributed by atoms with Crippen molar-refractivity contribution >= 4 is 16.9 Å². The lowest BCUT2D eigenvalue weighted by atomic mass is 10.2. The van der Waals surface area contributed by atoms with Crippen LogP contribution in [0, 0.1) is 6.92 Å². The number of carbonyl (C=O) groups excluding carboxylic acids is 1. The third kappa shape index (κ3) is 2.37. The molecule has 0 atom stereocenters. The zero-order valence-electron chi connectivity index (χ0n) is 12.2. The molecule has 1 amide bonds. The fourth-order valence-electron chi connectivity index (χ4n) is 2.35. The van der Waals surface area contributed by atoms with E-state index >= 15 is 0 Å². The maximum absolute atomic E-state index is 12.5. The summed E-state index contributed by atoms with van der Waals surface area (Å²) in [7, 11) is 3.60. The van der Waals surface area contributed by atoms with E-state index in [2.05, 4.69) is 20.3 Å². The van der Waals surface area contributed by atoms with Gasteiger partial charge in [0, 0.05) is 44.0 Å². The van der Waals surface area contributed by atoms with Crippen molar-refractivity contribution in [3.05, 3.63) is 41.5 Å². The van der Waals surface area contributed by atoms with Crippen LogP contribution < -0.4 is 0 Å². The third-order valence-corrected chi connectivity index (χ3v) is 3.43. The molecule has 0 aliphatic carbocycles. The van der Waals surface area contributed by atoms with Crippen molar-refractivity contribution in [3.8, 4) is 0 Å². The van der Waals surface area contributed by atoms with Crippen molar-refractivity contribution in [3.63, 3.8) is 0 Å². The zero-order chi connectivity index (χ0) is 15.0. The highest BCUT2D eigenvalue weighted by atomic mass is 16.2. The quantitative estimate of drug-likeness (QED) is 0.785. The predicted octanol–water partition coefficient (Wildman–Crippen LogP) is 1.27. The van der Waals surface area contributed by atoms with E-state index in [1.165, 1.54) is 0 Å². The van der Waals surface area contributed by atoms with Crippen molar-refractivity contribution in [2.75, 3.05) is 7.05 Å². The SMILES string of the molecule is Cc1nn(C)c2ncc(C(=O)N(C)Cc3cn[nH]c3)cc12. The number of nitrogens with zero attached hydrogens (tertiary/aromatic N) is 5. The number of nitrogens with one attached hydrogen (secondary N) is 1. The molecule has 3 heterocycles. The van der Waals surface area contributed by atoms with Crippen molar-refractivity contribution in [2.24, 2.45) is 7.05 Å². The third-order valence-electron chi connectivity index (χ3n) is 3.43. The van der Waals surface area contributed by atoms with Crippen LogP contribution >= 0.6 is 0 Å². The van der Waals surface area contributed by atoms with Crippen molar-refractivity contribution in [2.45, 2.75) is 13.5 Å². The van der Waals surface area contributed by atoms with Crippen LogP contribution in [0.1, 0.15) is 21.6 Å². The van der Waals surface area contributed by atoms with E-state index < -0.39 is 0 Å². The van der Waals surface area contributed by atoms with E-state index in [1.54, 1.807) is 35.2 Å². The molecule has 1 N–H and O–H groups in total. The van der Waals surface area contributed by atoms with Gasteiger partial charge in [0.25, 0.3) is 5.91 Å². The molecule has 0 radical (unpaired) electrons. The molecule has 3 aromatic heterocycles. The first-order valence-corrected chi connectivity index (χ1v) is 6.58. The van der Waals surface area contributed by atoms with Gasteiger partial charge in [0.2, 0.25) is 0 Å². The summed E-state index contributed by atoms with van der Waals surface area (Å²) in [5.74, 6) is -0.0751. The Morgan fingerprint density at radius 2 is 2.24 bits per heavy atom.